The predicted octanol–water partition coefficient (Wildman–Crippen LogP) is 4.30. The molecule has 0 unspecified atom stereocenters. The van der Waals surface area contributed by atoms with Crippen molar-refractivity contribution in [2.45, 2.75) is 26.2 Å². The van der Waals surface area contributed by atoms with Gasteiger partial charge < -0.3 is 4.98 Å². The molecule has 1 heterocycles. The Morgan fingerprint density at radius 3 is 3.00 bits per heavy atom. The van der Waals surface area contributed by atoms with E-state index < -0.39 is 0 Å². The molecule has 0 amide bonds. The molecule has 0 saturated heterocycles. The fourth-order valence-electron chi connectivity index (χ4n) is 1.80. The number of rotatable bonds is 4. The van der Waals surface area contributed by atoms with E-state index in [-0.39, 0.29) is 5.78 Å². The summed E-state index contributed by atoms with van der Waals surface area (Å²) in [6.45, 7) is 2.10. The molecule has 0 bridgehead atoms. The second-order valence-electron chi connectivity index (χ2n) is 3.92. The van der Waals surface area contributed by atoms with E-state index in [0.29, 0.717) is 6.42 Å². The van der Waals surface area contributed by atoms with E-state index in [9.17, 15) is 4.79 Å². The molecule has 3 heteroatoms. The van der Waals surface area contributed by atoms with Gasteiger partial charge in [0, 0.05) is 33.6 Å². The Balaban J connectivity index is 2.34. The number of hydrogen-bond acceptors (Lipinski definition) is 1. The van der Waals surface area contributed by atoms with Crippen molar-refractivity contribution in [1.82, 2.24) is 4.98 Å². The number of halogens is 1. The average Bonchev–Trinajstić information content (AvgIpc) is 2.68. The fourth-order valence-corrected chi connectivity index (χ4v) is 2.16. The van der Waals surface area contributed by atoms with Crippen molar-refractivity contribution in [2.24, 2.45) is 0 Å². The first kappa shape index (κ1) is 11.4. The van der Waals surface area contributed by atoms with Crippen molar-refractivity contribution < 1.29 is 4.79 Å². The van der Waals surface area contributed by atoms with Crippen molar-refractivity contribution in [3.8, 4) is 0 Å². The maximum absolute atomic E-state index is 11.9. The van der Waals surface area contributed by atoms with Crippen molar-refractivity contribution in [3.05, 3.63) is 34.4 Å². The Hall–Kier alpha value is -1.09. The third-order valence-corrected chi connectivity index (χ3v) is 3.19. The average molecular weight is 280 g/mol. The van der Waals surface area contributed by atoms with Crippen LogP contribution >= 0.6 is 15.9 Å². The number of nitrogens with one attached hydrogen (secondary N) is 1. The number of unbranched alkanes of at least 4 members (excludes halogenated alkanes) is 1. The molecule has 0 aliphatic rings. The number of H-pyrrole nitrogens is 1. The molecule has 2 nitrogen and oxygen atoms in total. The molecular formula is C13H14BrNO. The van der Waals surface area contributed by atoms with E-state index in [2.05, 4.69) is 27.8 Å². The number of carbonyl (C=O) groups is 1. The number of hydrogen-bond donors (Lipinski definition) is 1. The second-order valence-corrected chi connectivity index (χ2v) is 4.83. The molecule has 1 N–H and O–H groups in total. The van der Waals surface area contributed by atoms with Crippen LogP contribution in [-0.2, 0) is 0 Å². The number of aromatic nitrogens is 1. The molecule has 0 fully saturated rings. The minimum Gasteiger partial charge on any atom is -0.360 e. The number of ketones is 1. The van der Waals surface area contributed by atoms with Gasteiger partial charge in [0.05, 0.1) is 0 Å². The van der Waals surface area contributed by atoms with Crippen molar-refractivity contribution >= 4 is 32.6 Å². The topological polar surface area (TPSA) is 32.9 Å². The molecular weight excluding hydrogens is 266 g/mol. The summed E-state index contributed by atoms with van der Waals surface area (Å²) in [5.41, 5.74) is 1.82. The Labute approximate surface area is 103 Å². The summed E-state index contributed by atoms with van der Waals surface area (Å²) in [5, 5.41) is 1.02. The lowest BCUT2D eigenvalue weighted by Crippen LogP contribution is -1.97. The van der Waals surface area contributed by atoms with E-state index in [1.807, 2.05) is 24.4 Å². The number of aromatic amines is 1. The molecule has 2 aromatic rings. The Morgan fingerprint density at radius 2 is 2.25 bits per heavy atom. The van der Waals surface area contributed by atoms with Gasteiger partial charge in [-0.25, -0.2) is 0 Å². The summed E-state index contributed by atoms with van der Waals surface area (Å²) in [6.07, 6.45) is 4.47. The maximum Gasteiger partial charge on any atom is 0.165 e. The number of carbonyl (C=O) groups excluding carboxylic acids is 1. The zero-order valence-electron chi connectivity index (χ0n) is 9.22. The lowest BCUT2D eigenvalue weighted by Gasteiger charge is -1.98. The third-order valence-electron chi connectivity index (χ3n) is 2.70. The molecule has 0 spiro atoms. The predicted molar refractivity (Wildman–Crippen MR) is 69.9 cm³/mol. The molecule has 1 aromatic heterocycles. The lowest BCUT2D eigenvalue weighted by atomic mass is 10.1. The van der Waals surface area contributed by atoms with Crippen LogP contribution in [0.3, 0.4) is 0 Å². The fraction of sp³-hybridized carbons (Fsp3) is 0.308. The SMILES string of the molecule is CCCCC(=O)c1c[nH]c2cc(Br)ccc12. The smallest absolute Gasteiger partial charge is 0.165 e. The van der Waals surface area contributed by atoms with Crippen LogP contribution < -0.4 is 0 Å². The van der Waals surface area contributed by atoms with Gasteiger partial charge in [-0.15, -0.1) is 0 Å². The van der Waals surface area contributed by atoms with Crippen LogP contribution in [0.1, 0.15) is 36.5 Å². The summed E-state index contributed by atoms with van der Waals surface area (Å²) in [4.78, 5) is 15.1. The minimum absolute atomic E-state index is 0.232. The first-order valence-electron chi connectivity index (χ1n) is 5.52. The molecule has 0 radical (unpaired) electrons. The minimum atomic E-state index is 0.232. The van der Waals surface area contributed by atoms with E-state index >= 15 is 0 Å². The van der Waals surface area contributed by atoms with Crippen LogP contribution in [0.15, 0.2) is 28.9 Å². The van der Waals surface area contributed by atoms with Crippen LogP contribution in [0.4, 0.5) is 0 Å². The Bertz CT molecular complexity index is 516. The highest BCUT2D eigenvalue weighted by atomic mass is 79.9. The third kappa shape index (κ3) is 2.19. The standard InChI is InChI=1S/C13H14BrNO/c1-2-3-4-13(16)11-8-15-12-7-9(14)5-6-10(11)12/h5-8,15H,2-4H2,1H3. The van der Waals surface area contributed by atoms with Crippen LogP contribution in [0, 0.1) is 0 Å². The monoisotopic (exact) mass is 279 g/mol. The largest absolute Gasteiger partial charge is 0.360 e. The van der Waals surface area contributed by atoms with Crippen molar-refractivity contribution in [3.63, 3.8) is 0 Å². The van der Waals surface area contributed by atoms with Gasteiger partial charge in [-0.1, -0.05) is 35.3 Å². The molecule has 0 aliphatic heterocycles. The van der Waals surface area contributed by atoms with Crippen LogP contribution in [0.5, 0.6) is 0 Å². The highest BCUT2D eigenvalue weighted by Gasteiger charge is 2.11. The molecule has 2 rings (SSSR count). The first-order valence-corrected chi connectivity index (χ1v) is 6.31. The van der Waals surface area contributed by atoms with E-state index in [4.69, 9.17) is 0 Å². The summed E-state index contributed by atoms with van der Waals surface area (Å²) in [5.74, 6) is 0.232. The van der Waals surface area contributed by atoms with Crippen molar-refractivity contribution in [2.75, 3.05) is 0 Å². The van der Waals surface area contributed by atoms with Crippen molar-refractivity contribution in [1.29, 1.82) is 0 Å². The van der Waals surface area contributed by atoms with Gasteiger partial charge in [-0.2, -0.15) is 0 Å². The van der Waals surface area contributed by atoms with Gasteiger partial charge in [0.25, 0.3) is 0 Å². The molecule has 0 saturated carbocycles. The van der Waals surface area contributed by atoms with Gasteiger partial charge in [0.1, 0.15) is 0 Å². The number of Topliss-reactive ketones (excluding diaryl/α,β-unsaturated/α-hetero) is 1. The van der Waals surface area contributed by atoms with Crippen LogP contribution in [0.25, 0.3) is 10.9 Å². The molecule has 0 aliphatic carbocycles. The quantitative estimate of drug-likeness (QED) is 0.832. The number of fused-ring (bicyclic) bond motifs is 1. The normalized spacial score (nSPS) is 10.9. The van der Waals surface area contributed by atoms with Gasteiger partial charge in [-0.3, -0.25) is 4.79 Å². The molecule has 0 atom stereocenters. The maximum atomic E-state index is 11.9. The zero-order chi connectivity index (χ0) is 11.5. The van der Waals surface area contributed by atoms with E-state index in [1.54, 1.807) is 0 Å². The lowest BCUT2D eigenvalue weighted by molar-refractivity contribution is 0.0981. The summed E-state index contributed by atoms with van der Waals surface area (Å²) < 4.78 is 1.02. The summed E-state index contributed by atoms with van der Waals surface area (Å²) in [7, 11) is 0. The Morgan fingerprint density at radius 1 is 1.44 bits per heavy atom. The molecule has 16 heavy (non-hydrogen) atoms. The van der Waals surface area contributed by atoms with Gasteiger partial charge in [-0.05, 0) is 18.6 Å². The van der Waals surface area contributed by atoms with Gasteiger partial charge in [0.15, 0.2) is 5.78 Å². The van der Waals surface area contributed by atoms with E-state index in [0.717, 1.165) is 33.8 Å². The Kier molecular flexibility index (Phi) is 3.44. The highest BCUT2D eigenvalue weighted by molar-refractivity contribution is 9.10. The number of benzene rings is 1. The van der Waals surface area contributed by atoms with Crippen LogP contribution in [0.2, 0.25) is 0 Å². The van der Waals surface area contributed by atoms with E-state index in [1.165, 1.54) is 0 Å². The first-order chi connectivity index (χ1) is 7.72. The van der Waals surface area contributed by atoms with Gasteiger partial charge in [0.2, 0.25) is 0 Å². The highest BCUT2D eigenvalue weighted by Crippen LogP contribution is 2.23. The van der Waals surface area contributed by atoms with Crippen LogP contribution in [-0.4, -0.2) is 10.8 Å². The molecule has 1 aromatic carbocycles. The summed E-state index contributed by atoms with van der Waals surface area (Å²) >= 11 is 3.42. The molecule has 84 valence electrons. The zero-order valence-corrected chi connectivity index (χ0v) is 10.8. The summed E-state index contributed by atoms with van der Waals surface area (Å²) in [6, 6.07) is 5.94. The second kappa shape index (κ2) is 4.83. The van der Waals surface area contributed by atoms with Gasteiger partial charge >= 0.3 is 0 Å².